The predicted molar refractivity (Wildman–Crippen MR) is 22.3 cm³/mol. The fourth-order valence-corrected chi connectivity index (χ4v) is 0.241. The van der Waals surface area contributed by atoms with E-state index in [0.717, 1.165) is 0 Å². The van der Waals surface area contributed by atoms with Gasteiger partial charge in [-0.25, -0.2) is 0 Å². The summed E-state index contributed by atoms with van der Waals surface area (Å²) in [5.41, 5.74) is 0. The smallest absolute Gasteiger partial charge is 0.108 e. The third-order valence-electron chi connectivity index (χ3n) is 0.442. The van der Waals surface area contributed by atoms with Gasteiger partial charge in [0, 0.05) is 0 Å². The van der Waals surface area contributed by atoms with E-state index < -0.39 is 0 Å². The molecule has 0 amide bonds. The summed E-state index contributed by atoms with van der Waals surface area (Å²) < 4.78 is 5.69. The number of rotatable bonds is 0. The van der Waals surface area contributed by atoms with E-state index in [0.29, 0.717) is 0 Å². The molecule has 0 saturated carbocycles. The van der Waals surface area contributed by atoms with Gasteiger partial charge in [-0.1, -0.05) is 0 Å². The predicted octanol–water partition coefficient (Wildman–Crippen LogP) is 1.11. The van der Waals surface area contributed by atoms with Gasteiger partial charge in [0.1, 0.15) is 0 Å². The Hall–Kier alpha value is -0.336. The summed E-state index contributed by atoms with van der Waals surface area (Å²) in [4.78, 5) is 2.74. The minimum Gasteiger partial charge on any atom is -0.484 e. The van der Waals surface area contributed by atoms with Gasteiger partial charge in [-0.2, -0.15) is 18.3 Å². The molecule has 0 aliphatic heterocycles. The molecule has 7 heavy (non-hydrogen) atoms. The third-order valence-corrected chi connectivity index (χ3v) is 0.442. The van der Waals surface area contributed by atoms with Crippen molar-refractivity contribution in [2.75, 3.05) is 0 Å². The number of H-pyrrole nitrogens is 1. The van der Waals surface area contributed by atoms with Crippen LogP contribution in [0.25, 0.3) is 0 Å². The molecule has 3 heteroatoms. The molecule has 0 fully saturated rings. The van der Waals surface area contributed by atoms with E-state index >= 15 is 0 Å². The zero-order valence-electron chi connectivity index (χ0n) is 3.68. The van der Waals surface area contributed by atoms with Crippen LogP contribution >= 0.6 is 0 Å². The molecule has 0 unspecified atom stereocenters. The van der Waals surface area contributed by atoms with E-state index in [1.807, 2.05) is 18.3 Å². The van der Waals surface area contributed by atoms with Crippen molar-refractivity contribution in [1.29, 1.82) is 4.21 Å². The monoisotopic (exact) mass is 132 g/mol. The second-order valence-corrected chi connectivity index (χ2v) is 0.814. The molecule has 0 aliphatic rings. The van der Waals surface area contributed by atoms with Gasteiger partial charge in [-0.15, -0.1) is 6.20 Å². The summed E-state index contributed by atoms with van der Waals surface area (Å²) in [6, 6.07) is 3.71. The zero-order chi connectivity index (χ0) is 5.54. The third kappa shape index (κ3) is 3.50. The molecular weight excluding hydrogens is 127 g/mol. The van der Waals surface area contributed by atoms with Crippen molar-refractivity contribution in [3.8, 4) is 0 Å². The molecule has 0 spiro atoms. The first-order valence-corrected chi connectivity index (χ1v) is 2.42. The fourth-order valence-electron chi connectivity index (χ4n) is 0.241. The van der Waals surface area contributed by atoms with Crippen molar-refractivity contribution in [2.24, 2.45) is 0 Å². The van der Waals surface area contributed by atoms with Crippen molar-refractivity contribution >= 4 is 0 Å². The van der Waals surface area contributed by atoms with E-state index in [1.54, 1.807) is 17.2 Å². The topological polar surface area (TPSA) is 39.6 Å². The molecule has 2 N–H and O–H groups in total. The summed E-state index contributed by atoms with van der Waals surface area (Å²) in [7, 11) is 0. The van der Waals surface area contributed by atoms with E-state index in [9.17, 15) is 0 Å². The van der Waals surface area contributed by atoms with Crippen molar-refractivity contribution in [3.05, 3.63) is 24.5 Å². The minimum atomic E-state index is 1.56. The van der Waals surface area contributed by atoms with Gasteiger partial charge in [0.15, 0.2) is 0 Å². The summed E-state index contributed by atoms with van der Waals surface area (Å²) in [5.74, 6) is 0. The maximum Gasteiger partial charge on any atom is -0.108 e. The number of hydrogen-bond acceptors (Lipinski definition) is 1. The fraction of sp³-hybridized carbons (Fsp3) is 0. The van der Waals surface area contributed by atoms with Crippen LogP contribution in [0.5, 0.6) is 0 Å². The summed E-state index contributed by atoms with van der Waals surface area (Å²) in [6.45, 7) is 0. The van der Waals surface area contributed by atoms with Crippen molar-refractivity contribution in [1.82, 2.24) is 4.98 Å². The van der Waals surface area contributed by atoms with Gasteiger partial charge in [-0.05, 0) is 0 Å². The first-order valence-electron chi connectivity index (χ1n) is 1.72. The minimum absolute atomic E-state index is 1.56. The Morgan fingerprint density at radius 3 is 2.43 bits per heavy atom. The van der Waals surface area contributed by atoms with Gasteiger partial charge in [-0.3, -0.25) is 0 Å². The second kappa shape index (κ2) is 5.66. The Bertz CT molecular complexity index is 76.6. The van der Waals surface area contributed by atoms with Crippen LogP contribution in [0.4, 0.5) is 0 Å². The molecule has 1 heterocycles. The van der Waals surface area contributed by atoms with Crippen LogP contribution in [0.15, 0.2) is 18.3 Å². The average molecular weight is 132 g/mol. The first kappa shape index (κ1) is 6.66. The van der Waals surface area contributed by atoms with Crippen molar-refractivity contribution < 1.29 is 17.2 Å². The molecule has 0 saturated heterocycles. The van der Waals surface area contributed by atoms with E-state index in [-0.39, 0.29) is 0 Å². The number of nitrogens with one attached hydrogen (secondary N) is 2. The Labute approximate surface area is 51.5 Å². The number of hydrogen-bond donors (Lipinski definition) is 2. The Morgan fingerprint density at radius 2 is 2.29 bits per heavy atom. The standard InChI is InChI=1S/C4H4N.HN.V/c1-2-4-5-3-1;;/h1-3,5H;1H;/q-1;;. The SMILES string of the molecule is [NH]=[V].[c-]1ccc[nH]1. The molecule has 0 aliphatic carbocycles. The normalized spacial score (nSPS) is 6.14. The van der Waals surface area contributed by atoms with Crippen LogP contribution in [0, 0.1) is 10.4 Å². The van der Waals surface area contributed by atoms with Crippen LogP contribution in [-0.2, 0) is 17.2 Å². The molecule has 0 aromatic carbocycles. The van der Waals surface area contributed by atoms with Gasteiger partial charge < -0.3 is 4.98 Å². The molecule has 1 rings (SSSR count). The van der Waals surface area contributed by atoms with Gasteiger partial charge in [0.2, 0.25) is 0 Å². The summed E-state index contributed by atoms with van der Waals surface area (Å²) in [6.07, 6.45) is 4.56. The largest absolute Gasteiger partial charge is 0.484 e. The summed E-state index contributed by atoms with van der Waals surface area (Å²) in [5, 5.41) is 0. The molecular formula is C4H5N2V-. The molecule has 0 bridgehead atoms. The van der Waals surface area contributed by atoms with Crippen LogP contribution in [0.2, 0.25) is 0 Å². The van der Waals surface area contributed by atoms with Crippen molar-refractivity contribution in [3.63, 3.8) is 0 Å². The maximum absolute atomic E-state index is 5.69. The second-order valence-electron chi connectivity index (χ2n) is 0.814. The first-order chi connectivity index (χ1) is 3.50. The molecule has 37 valence electrons. The van der Waals surface area contributed by atoms with E-state index in [2.05, 4.69) is 11.2 Å². The maximum atomic E-state index is 5.69. The average Bonchev–Trinajstić information content (AvgIpc) is 2.23. The number of aromatic amines is 1. The Morgan fingerprint density at radius 1 is 1.57 bits per heavy atom. The van der Waals surface area contributed by atoms with Crippen LogP contribution in [-0.4, -0.2) is 4.98 Å². The number of aromatic nitrogens is 1. The van der Waals surface area contributed by atoms with Crippen LogP contribution in [0.1, 0.15) is 0 Å². The zero-order valence-corrected chi connectivity index (χ0v) is 5.08. The molecule has 1 aromatic heterocycles. The van der Waals surface area contributed by atoms with Crippen LogP contribution < -0.4 is 0 Å². The van der Waals surface area contributed by atoms with E-state index in [1.165, 1.54) is 0 Å². The Kier molecular flexibility index (Phi) is 5.39. The molecule has 0 atom stereocenters. The van der Waals surface area contributed by atoms with Crippen LogP contribution in [0.3, 0.4) is 0 Å². The van der Waals surface area contributed by atoms with Gasteiger partial charge in [0.05, 0.1) is 0 Å². The molecule has 1 aromatic rings. The summed E-state index contributed by atoms with van der Waals surface area (Å²) >= 11 is 1.56. The Balaban J connectivity index is 0.000000162. The molecule has 2 nitrogen and oxygen atoms in total. The van der Waals surface area contributed by atoms with Gasteiger partial charge in [0.25, 0.3) is 0 Å². The quantitative estimate of drug-likeness (QED) is 0.496. The van der Waals surface area contributed by atoms with Gasteiger partial charge >= 0.3 is 21.4 Å². The molecule has 0 radical (unpaired) electrons. The van der Waals surface area contributed by atoms with E-state index in [4.69, 9.17) is 4.21 Å². The van der Waals surface area contributed by atoms with Crippen molar-refractivity contribution in [2.45, 2.75) is 0 Å².